The van der Waals surface area contributed by atoms with E-state index in [1.54, 1.807) is 18.2 Å². The van der Waals surface area contributed by atoms with Crippen molar-refractivity contribution in [2.45, 2.75) is 6.54 Å². The third-order valence-corrected chi connectivity index (χ3v) is 4.85. The minimum atomic E-state index is -0.465. The van der Waals surface area contributed by atoms with E-state index < -0.39 is 4.92 Å². The van der Waals surface area contributed by atoms with Crippen molar-refractivity contribution in [1.82, 2.24) is 4.57 Å². The molecule has 0 fully saturated rings. The average Bonchev–Trinajstić information content (AvgIpc) is 3.04. The molecule has 0 radical (unpaired) electrons. The fourth-order valence-corrected chi connectivity index (χ4v) is 3.47. The first-order valence-corrected chi connectivity index (χ1v) is 9.17. The smallest absolute Gasteiger partial charge is 0.292 e. The van der Waals surface area contributed by atoms with Gasteiger partial charge in [-0.1, -0.05) is 41.9 Å². The van der Waals surface area contributed by atoms with Gasteiger partial charge in [-0.15, -0.1) is 11.3 Å². The first-order chi connectivity index (χ1) is 12.5. The number of para-hydroxylation sites is 2. The normalized spacial score (nSPS) is 11.3. The number of aromatic nitrogens is 1. The Kier molecular flexibility index (Phi) is 5.77. The van der Waals surface area contributed by atoms with Crippen LogP contribution in [-0.2, 0) is 6.54 Å². The molecule has 3 rings (SSSR count). The SMILES string of the molecule is O=[N+]([O-])c1ccccc1NC(=S)N=c1sccn1Cc1ccccc1Cl. The number of nitro groups is 1. The number of nitro benzene ring substituents is 1. The van der Waals surface area contributed by atoms with Crippen LogP contribution in [0.15, 0.2) is 65.1 Å². The molecular formula is C17H13ClN4O2S2. The number of anilines is 1. The molecule has 0 unspecified atom stereocenters. The summed E-state index contributed by atoms with van der Waals surface area (Å²) >= 11 is 12.9. The molecule has 0 aliphatic heterocycles. The molecule has 3 aromatic rings. The maximum Gasteiger partial charge on any atom is 0.292 e. The third kappa shape index (κ3) is 4.34. The van der Waals surface area contributed by atoms with Crippen molar-refractivity contribution >= 4 is 51.6 Å². The fraction of sp³-hybridized carbons (Fsp3) is 0.0588. The average molecular weight is 405 g/mol. The van der Waals surface area contributed by atoms with Gasteiger partial charge >= 0.3 is 0 Å². The summed E-state index contributed by atoms with van der Waals surface area (Å²) in [7, 11) is 0. The van der Waals surface area contributed by atoms with Crippen molar-refractivity contribution in [1.29, 1.82) is 0 Å². The molecule has 1 heterocycles. The molecule has 1 aromatic heterocycles. The van der Waals surface area contributed by atoms with Crippen LogP contribution in [-0.4, -0.2) is 14.6 Å². The number of halogens is 1. The zero-order valence-corrected chi connectivity index (χ0v) is 15.7. The Morgan fingerprint density at radius 2 is 2.00 bits per heavy atom. The third-order valence-electron chi connectivity index (χ3n) is 3.50. The van der Waals surface area contributed by atoms with Crippen LogP contribution in [0.5, 0.6) is 0 Å². The monoisotopic (exact) mass is 404 g/mol. The summed E-state index contributed by atoms with van der Waals surface area (Å²) in [6.07, 6.45) is 1.89. The highest BCUT2D eigenvalue weighted by atomic mass is 35.5. The number of nitrogens with one attached hydrogen (secondary N) is 1. The van der Waals surface area contributed by atoms with Crippen molar-refractivity contribution < 1.29 is 4.92 Å². The number of nitrogens with zero attached hydrogens (tertiary/aromatic N) is 3. The lowest BCUT2D eigenvalue weighted by Crippen LogP contribution is -2.19. The molecule has 0 atom stereocenters. The van der Waals surface area contributed by atoms with Gasteiger partial charge in [0.1, 0.15) is 5.69 Å². The van der Waals surface area contributed by atoms with E-state index >= 15 is 0 Å². The number of thiocarbonyl (C=S) groups is 1. The van der Waals surface area contributed by atoms with Gasteiger partial charge in [0.2, 0.25) is 0 Å². The minimum absolute atomic E-state index is 0.0554. The lowest BCUT2D eigenvalue weighted by atomic mass is 10.2. The maximum absolute atomic E-state index is 11.1. The number of benzene rings is 2. The van der Waals surface area contributed by atoms with E-state index in [2.05, 4.69) is 10.3 Å². The van der Waals surface area contributed by atoms with Gasteiger partial charge in [-0.2, -0.15) is 4.99 Å². The molecule has 1 N–H and O–H groups in total. The molecule has 132 valence electrons. The van der Waals surface area contributed by atoms with E-state index in [9.17, 15) is 10.1 Å². The van der Waals surface area contributed by atoms with E-state index in [4.69, 9.17) is 23.8 Å². The molecule has 9 heteroatoms. The predicted octanol–water partition coefficient (Wildman–Crippen LogP) is 4.46. The van der Waals surface area contributed by atoms with E-state index in [-0.39, 0.29) is 10.8 Å². The van der Waals surface area contributed by atoms with Crippen molar-refractivity contribution in [3.05, 3.63) is 85.6 Å². The van der Waals surface area contributed by atoms with Crippen LogP contribution >= 0.6 is 35.2 Å². The van der Waals surface area contributed by atoms with Crippen molar-refractivity contribution in [2.75, 3.05) is 5.32 Å². The summed E-state index contributed by atoms with van der Waals surface area (Å²) in [6.45, 7) is 0.552. The Balaban J connectivity index is 1.83. The van der Waals surface area contributed by atoms with Gasteiger partial charge in [0.25, 0.3) is 5.69 Å². The second-order valence-corrected chi connectivity index (χ2v) is 6.89. The first kappa shape index (κ1) is 18.2. The van der Waals surface area contributed by atoms with Crippen LogP contribution < -0.4 is 10.1 Å². The van der Waals surface area contributed by atoms with Gasteiger partial charge in [0.05, 0.1) is 11.5 Å². The zero-order valence-electron chi connectivity index (χ0n) is 13.3. The zero-order chi connectivity index (χ0) is 18.5. The molecule has 2 aromatic carbocycles. The van der Waals surface area contributed by atoms with Gasteiger partial charge in [0.15, 0.2) is 9.91 Å². The van der Waals surface area contributed by atoms with Gasteiger partial charge in [-0.05, 0) is 29.9 Å². The summed E-state index contributed by atoms with van der Waals surface area (Å²) in [5.41, 5.74) is 1.22. The van der Waals surface area contributed by atoms with E-state index in [1.165, 1.54) is 17.4 Å². The molecule has 0 saturated carbocycles. The number of thiazole rings is 1. The number of hydrogen-bond donors (Lipinski definition) is 1. The van der Waals surface area contributed by atoms with Crippen LogP contribution in [0.25, 0.3) is 0 Å². The van der Waals surface area contributed by atoms with E-state index in [0.717, 1.165) is 5.56 Å². The van der Waals surface area contributed by atoms with Crippen LogP contribution in [0.4, 0.5) is 11.4 Å². The molecule has 0 aliphatic carbocycles. The second kappa shape index (κ2) is 8.22. The van der Waals surface area contributed by atoms with Gasteiger partial charge < -0.3 is 9.88 Å². The van der Waals surface area contributed by atoms with Crippen LogP contribution in [0.3, 0.4) is 0 Å². The van der Waals surface area contributed by atoms with Crippen LogP contribution in [0.1, 0.15) is 5.56 Å². The first-order valence-electron chi connectivity index (χ1n) is 7.51. The maximum atomic E-state index is 11.1. The lowest BCUT2D eigenvalue weighted by molar-refractivity contribution is -0.383. The molecule has 0 amide bonds. The Morgan fingerprint density at radius 3 is 2.77 bits per heavy atom. The topological polar surface area (TPSA) is 72.5 Å². The molecule has 6 nitrogen and oxygen atoms in total. The number of rotatable bonds is 4. The van der Waals surface area contributed by atoms with Crippen LogP contribution in [0.2, 0.25) is 5.02 Å². The molecule has 0 bridgehead atoms. The van der Waals surface area contributed by atoms with Gasteiger partial charge in [-0.3, -0.25) is 10.1 Å². The Morgan fingerprint density at radius 1 is 1.27 bits per heavy atom. The summed E-state index contributed by atoms with van der Waals surface area (Å²) < 4.78 is 1.92. The molecular weight excluding hydrogens is 392 g/mol. The van der Waals surface area contributed by atoms with Gasteiger partial charge in [0, 0.05) is 22.7 Å². The lowest BCUT2D eigenvalue weighted by Gasteiger charge is -2.06. The predicted molar refractivity (Wildman–Crippen MR) is 108 cm³/mol. The summed E-state index contributed by atoms with van der Waals surface area (Å²) in [6, 6.07) is 13.9. The largest absolute Gasteiger partial charge is 0.325 e. The highest BCUT2D eigenvalue weighted by Crippen LogP contribution is 2.23. The van der Waals surface area contributed by atoms with Crippen molar-refractivity contribution in [2.24, 2.45) is 4.99 Å². The minimum Gasteiger partial charge on any atom is -0.325 e. The van der Waals surface area contributed by atoms with Crippen molar-refractivity contribution in [3.8, 4) is 0 Å². The Labute approximate surface area is 163 Å². The standard InChI is InChI=1S/C17H13ClN4O2S2/c18-13-6-2-1-5-12(13)11-21-9-10-26-17(21)20-16(25)19-14-7-3-4-8-15(14)22(23)24/h1-10H,11H2,(H,19,25). The highest BCUT2D eigenvalue weighted by Gasteiger charge is 2.13. The highest BCUT2D eigenvalue weighted by molar-refractivity contribution is 7.80. The number of hydrogen-bond acceptors (Lipinski definition) is 4. The molecule has 0 aliphatic rings. The summed E-state index contributed by atoms with van der Waals surface area (Å²) in [5, 5.41) is 16.6. The van der Waals surface area contributed by atoms with Crippen molar-refractivity contribution in [3.63, 3.8) is 0 Å². The Hall–Kier alpha value is -2.55. The molecule has 26 heavy (non-hydrogen) atoms. The second-order valence-electron chi connectivity index (χ2n) is 5.22. The molecule has 0 spiro atoms. The Bertz CT molecular complexity index is 1030. The van der Waals surface area contributed by atoms with Crippen LogP contribution in [0, 0.1) is 10.1 Å². The summed E-state index contributed by atoms with van der Waals surface area (Å²) in [4.78, 5) is 15.7. The molecule has 0 saturated heterocycles. The van der Waals surface area contributed by atoms with E-state index in [0.29, 0.717) is 22.1 Å². The summed E-state index contributed by atoms with van der Waals surface area (Å²) in [5.74, 6) is 0. The van der Waals surface area contributed by atoms with E-state index in [1.807, 2.05) is 40.4 Å². The van der Waals surface area contributed by atoms with Gasteiger partial charge in [-0.25, -0.2) is 0 Å². The quantitative estimate of drug-likeness (QED) is 0.396. The fourth-order valence-electron chi connectivity index (χ4n) is 2.29.